The lowest BCUT2D eigenvalue weighted by atomic mass is 10.0. The normalized spacial score (nSPS) is 15.6. The van der Waals surface area contributed by atoms with Crippen molar-refractivity contribution in [3.63, 3.8) is 0 Å². The zero-order chi connectivity index (χ0) is 21.7. The number of hydrogen-bond donors (Lipinski definition) is 3. The molecule has 2 aromatic carbocycles. The minimum absolute atomic E-state index is 0.137. The fourth-order valence-electron chi connectivity index (χ4n) is 3.60. The van der Waals surface area contributed by atoms with Crippen molar-refractivity contribution < 1.29 is 18.6 Å². The van der Waals surface area contributed by atoms with Gasteiger partial charge in [-0.15, -0.1) is 0 Å². The number of aryl methyl sites for hydroxylation is 1. The maximum absolute atomic E-state index is 13.2. The van der Waals surface area contributed by atoms with E-state index in [1.807, 2.05) is 13.0 Å². The first kappa shape index (κ1) is 22.0. The molecule has 1 aliphatic heterocycles. The van der Waals surface area contributed by atoms with Gasteiger partial charge < -0.3 is 4.90 Å². The number of nitrogens with two attached hydrogens (primary N) is 2. The second kappa shape index (κ2) is 9.40. The lowest BCUT2D eigenvalue weighted by molar-refractivity contribution is -0.133. The largest absolute Gasteiger partial charge is 0.341 e. The highest BCUT2D eigenvalue weighted by atomic mass is 32.2. The minimum Gasteiger partial charge on any atom is -0.341 e. The molecule has 8 heteroatoms. The van der Waals surface area contributed by atoms with Gasteiger partial charge in [0.15, 0.2) is 0 Å². The predicted octanol–water partition coefficient (Wildman–Crippen LogP) is 0.362. The van der Waals surface area contributed by atoms with Crippen LogP contribution in [0.1, 0.15) is 36.0 Å². The maximum Gasteiger partial charge on any atom is 0.270 e. The molecule has 0 radical (unpaired) electrons. The van der Waals surface area contributed by atoms with Gasteiger partial charge in [0.25, 0.3) is 5.84 Å². The van der Waals surface area contributed by atoms with Crippen molar-refractivity contribution in [1.29, 1.82) is 0 Å². The van der Waals surface area contributed by atoms with Gasteiger partial charge in [-0.25, -0.2) is 8.42 Å². The Kier molecular flexibility index (Phi) is 6.89. The smallest absolute Gasteiger partial charge is 0.270 e. The summed E-state index contributed by atoms with van der Waals surface area (Å²) in [6, 6.07) is 12.8. The summed E-state index contributed by atoms with van der Waals surface area (Å²) in [6.45, 7) is 3.18. The van der Waals surface area contributed by atoms with E-state index in [9.17, 15) is 13.2 Å². The van der Waals surface area contributed by atoms with Crippen LogP contribution in [0.25, 0.3) is 0 Å². The highest BCUT2D eigenvalue weighted by Gasteiger charge is 2.30. The first-order chi connectivity index (χ1) is 14.3. The van der Waals surface area contributed by atoms with E-state index in [1.165, 1.54) is 0 Å². The third kappa shape index (κ3) is 5.46. The number of nitrogens with zero attached hydrogens (tertiary/aromatic N) is 1. The van der Waals surface area contributed by atoms with E-state index < -0.39 is 16.1 Å². The van der Waals surface area contributed by atoms with E-state index >= 15 is 0 Å². The van der Waals surface area contributed by atoms with Crippen LogP contribution in [0.3, 0.4) is 0 Å². The number of carbonyl (C=O) groups is 1. The third-order valence-corrected chi connectivity index (χ3v) is 6.78. The molecule has 30 heavy (non-hydrogen) atoms. The van der Waals surface area contributed by atoms with Gasteiger partial charge in [0.1, 0.15) is 6.04 Å². The molecule has 1 aliphatic rings. The molecule has 1 saturated heterocycles. The number of nitrogens with one attached hydrogen (secondary N) is 1. The lowest BCUT2D eigenvalue weighted by Crippen LogP contribution is -2.51. The van der Waals surface area contributed by atoms with Crippen LogP contribution in [0.5, 0.6) is 0 Å². The molecule has 0 aromatic heterocycles. The molecule has 2 aromatic rings. The van der Waals surface area contributed by atoms with Crippen molar-refractivity contribution in [2.75, 3.05) is 13.1 Å². The van der Waals surface area contributed by atoms with Gasteiger partial charge >= 0.3 is 0 Å². The monoisotopic (exact) mass is 429 g/mol. The lowest BCUT2D eigenvalue weighted by Gasteiger charge is -2.30. The predicted molar refractivity (Wildman–Crippen MR) is 116 cm³/mol. The highest BCUT2D eigenvalue weighted by molar-refractivity contribution is 7.89. The molecule has 0 bridgehead atoms. The average Bonchev–Trinajstić information content (AvgIpc) is 2.73. The van der Waals surface area contributed by atoms with Crippen LogP contribution in [0.15, 0.2) is 53.4 Å². The summed E-state index contributed by atoms with van der Waals surface area (Å²) < 4.78 is 28.6. The molecule has 3 rings (SSSR count). The summed E-state index contributed by atoms with van der Waals surface area (Å²) in [5.41, 5.74) is 8.08. The first-order valence-corrected chi connectivity index (χ1v) is 11.6. The van der Waals surface area contributed by atoms with E-state index in [4.69, 9.17) is 11.1 Å². The number of amidine groups is 1. The van der Waals surface area contributed by atoms with Crippen LogP contribution >= 0.6 is 0 Å². The minimum atomic E-state index is -3.86. The number of amides is 1. The number of likely N-dealkylation sites (tertiary alicyclic amines) is 1. The summed E-state index contributed by atoms with van der Waals surface area (Å²) in [5, 5.41) is 5.69. The molecule has 5 N–H and O–H groups in total. The molecule has 0 saturated carbocycles. The third-order valence-electron chi connectivity index (χ3n) is 5.29. The maximum atomic E-state index is 13.2. The summed E-state index contributed by atoms with van der Waals surface area (Å²) in [5.74, 6) is -0.0310. The van der Waals surface area contributed by atoms with E-state index in [1.54, 1.807) is 47.4 Å². The first-order valence-electron chi connectivity index (χ1n) is 10.1. The van der Waals surface area contributed by atoms with Crippen molar-refractivity contribution in [2.45, 2.75) is 43.5 Å². The van der Waals surface area contributed by atoms with Crippen molar-refractivity contribution in [1.82, 2.24) is 9.62 Å². The zero-order valence-corrected chi connectivity index (χ0v) is 18.0. The van der Waals surface area contributed by atoms with Gasteiger partial charge in [-0.1, -0.05) is 29.8 Å². The number of piperidine rings is 1. The van der Waals surface area contributed by atoms with E-state index in [2.05, 4.69) is 4.72 Å². The number of benzene rings is 2. The summed E-state index contributed by atoms with van der Waals surface area (Å²) in [4.78, 5) is 15.1. The van der Waals surface area contributed by atoms with Crippen LogP contribution in [0.4, 0.5) is 0 Å². The topological polar surface area (TPSA) is 118 Å². The van der Waals surface area contributed by atoms with E-state index in [0.29, 0.717) is 18.7 Å². The van der Waals surface area contributed by atoms with Crippen LogP contribution < -0.4 is 15.9 Å². The Bertz CT molecular complexity index is 1010. The molecule has 1 unspecified atom stereocenters. The van der Waals surface area contributed by atoms with Gasteiger partial charge in [0.2, 0.25) is 15.9 Å². The van der Waals surface area contributed by atoms with Gasteiger partial charge in [-0.05, 0) is 62.4 Å². The highest BCUT2D eigenvalue weighted by Crippen LogP contribution is 2.16. The Hall–Kier alpha value is -2.71. The zero-order valence-electron chi connectivity index (χ0n) is 17.2. The SMILES string of the molecule is Cc1ccc(S(=O)(=O)NC(Cc2cccc(C(N)=[NH2+])c2)C(=O)N2CCCCC2)cc1. The second-order valence-electron chi connectivity index (χ2n) is 7.73. The van der Waals surface area contributed by atoms with Gasteiger partial charge in [0, 0.05) is 13.1 Å². The molecule has 7 nitrogen and oxygen atoms in total. The Morgan fingerprint density at radius 2 is 1.80 bits per heavy atom. The fourth-order valence-corrected chi connectivity index (χ4v) is 4.79. The van der Waals surface area contributed by atoms with Crippen LogP contribution in [-0.4, -0.2) is 44.2 Å². The van der Waals surface area contributed by atoms with Crippen molar-refractivity contribution >= 4 is 21.8 Å². The Morgan fingerprint density at radius 3 is 2.43 bits per heavy atom. The van der Waals surface area contributed by atoms with Crippen LogP contribution in [0.2, 0.25) is 0 Å². The molecule has 0 aliphatic carbocycles. The number of hydrogen-bond acceptors (Lipinski definition) is 3. The van der Waals surface area contributed by atoms with Crippen molar-refractivity contribution in [2.24, 2.45) is 5.73 Å². The number of carbonyl (C=O) groups excluding carboxylic acids is 1. The Balaban J connectivity index is 1.88. The molecule has 0 spiro atoms. The molecule has 1 atom stereocenters. The molecule has 1 amide bonds. The molecule has 160 valence electrons. The van der Waals surface area contributed by atoms with Gasteiger partial charge in [0.05, 0.1) is 10.5 Å². The number of rotatable bonds is 7. The fraction of sp³-hybridized carbons (Fsp3) is 0.364. The molecule has 1 heterocycles. The van der Waals surface area contributed by atoms with Crippen LogP contribution in [-0.2, 0) is 21.2 Å². The summed E-state index contributed by atoms with van der Waals surface area (Å²) >= 11 is 0. The molecular formula is C22H29N4O3S+. The Morgan fingerprint density at radius 1 is 1.13 bits per heavy atom. The summed E-state index contributed by atoms with van der Waals surface area (Å²) in [7, 11) is -3.86. The standard InChI is InChI=1S/C22H28N4O3S/c1-16-8-10-19(11-9-16)30(28,29)25-20(22(27)26-12-3-2-4-13-26)15-17-6-5-7-18(14-17)21(23)24/h5-11,14,20,25H,2-4,12-13,15H2,1H3,(H3,23,24)/p+1. The van der Waals surface area contributed by atoms with Gasteiger partial charge in [-0.2, -0.15) is 4.72 Å². The molecule has 1 fully saturated rings. The second-order valence-corrected chi connectivity index (χ2v) is 9.45. The Labute approximate surface area is 177 Å². The average molecular weight is 430 g/mol. The van der Waals surface area contributed by atoms with E-state index in [0.717, 1.165) is 30.4 Å². The van der Waals surface area contributed by atoms with E-state index in [-0.39, 0.29) is 23.1 Å². The quantitative estimate of drug-likeness (QED) is 0.435. The van der Waals surface area contributed by atoms with Gasteiger partial charge in [-0.3, -0.25) is 15.9 Å². The van der Waals surface area contributed by atoms with Crippen molar-refractivity contribution in [3.05, 3.63) is 65.2 Å². The molecular weight excluding hydrogens is 400 g/mol. The number of sulfonamides is 1. The summed E-state index contributed by atoms with van der Waals surface area (Å²) in [6.07, 6.45) is 3.15. The van der Waals surface area contributed by atoms with Crippen LogP contribution in [0, 0.1) is 6.92 Å². The van der Waals surface area contributed by atoms with Crippen molar-refractivity contribution in [3.8, 4) is 0 Å².